The van der Waals surface area contributed by atoms with Gasteiger partial charge >= 0.3 is 5.97 Å². The van der Waals surface area contributed by atoms with E-state index in [0.29, 0.717) is 11.8 Å². The minimum absolute atomic E-state index is 0.154. The van der Waals surface area contributed by atoms with Crippen LogP contribution < -0.4 is 10.9 Å². The summed E-state index contributed by atoms with van der Waals surface area (Å²) in [5.41, 5.74) is 5.76. The number of aromatic amines is 1. The van der Waals surface area contributed by atoms with Crippen molar-refractivity contribution in [2.75, 3.05) is 0 Å². The average molecular weight is 300 g/mol. The molecule has 0 aliphatic heterocycles. The molecule has 0 spiro atoms. The molecule has 0 aliphatic carbocycles. The summed E-state index contributed by atoms with van der Waals surface area (Å²) >= 11 is 0. The second-order valence-corrected chi connectivity index (χ2v) is 4.15. The van der Waals surface area contributed by atoms with Gasteiger partial charge in [0.1, 0.15) is 5.69 Å². The number of carboxylic acid groups (broad SMARTS) is 1. The lowest BCUT2D eigenvalue weighted by Gasteiger charge is -2.02. The van der Waals surface area contributed by atoms with Crippen LogP contribution >= 0.6 is 0 Å². The summed E-state index contributed by atoms with van der Waals surface area (Å²) in [7, 11) is 0. The third kappa shape index (κ3) is 4.04. The van der Waals surface area contributed by atoms with Gasteiger partial charge in [-0.1, -0.05) is 30.3 Å². The Morgan fingerprint density at radius 2 is 1.82 bits per heavy atom. The number of rotatable bonds is 4. The molecule has 22 heavy (non-hydrogen) atoms. The zero-order valence-electron chi connectivity index (χ0n) is 11.2. The third-order valence-corrected chi connectivity index (χ3v) is 2.57. The van der Waals surface area contributed by atoms with Gasteiger partial charge in [-0.3, -0.25) is 25.5 Å². The van der Waals surface area contributed by atoms with Crippen LogP contribution in [0.5, 0.6) is 0 Å². The number of hydrazine groups is 1. The Morgan fingerprint density at radius 1 is 1.09 bits per heavy atom. The van der Waals surface area contributed by atoms with Crippen LogP contribution in [0.3, 0.4) is 0 Å². The van der Waals surface area contributed by atoms with E-state index in [1.165, 1.54) is 6.07 Å². The Labute approximate surface area is 124 Å². The summed E-state index contributed by atoms with van der Waals surface area (Å²) in [5, 5.41) is 14.9. The number of benzene rings is 1. The van der Waals surface area contributed by atoms with Gasteiger partial charge in [0.05, 0.1) is 5.69 Å². The van der Waals surface area contributed by atoms with Crippen molar-refractivity contribution in [3.05, 3.63) is 54.2 Å². The van der Waals surface area contributed by atoms with Crippen molar-refractivity contribution in [1.29, 1.82) is 0 Å². The lowest BCUT2D eigenvalue weighted by molar-refractivity contribution is -0.131. The monoisotopic (exact) mass is 300 g/mol. The highest BCUT2D eigenvalue weighted by atomic mass is 16.4. The van der Waals surface area contributed by atoms with Crippen LogP contribution in [-0.4, -0.2) is 33.1 Å². The highest BCUT2D eigenvalue weighted by Gasteiger charge is 2.11. The number of nitrogens with one attached hydrogen (secondary N) is 3. The molecule has 1 aromatic heterocycles. The second-order valence-electron chi connectivity index (χ2n) is 4.15. The van der Waals surface area contributed by atoms with Crippen LogP contribution in [0, 0.1) is 0 Å². The van der Waals surface area contributed by atoms with Gasteiger partial charge in [0.15, 0.2) is 0 Å². The molecule has 0 saturated heterocycles. The van der Waals surface area contributed by atoms with Gasteiger partial charge in [0.2, 0.25) is 0 Å². The number of amides is 2. The highest BCUT2D eigenvalue weighted by Crippen LogP contribution is 2.16. The highest BCUT2D eigenvalue weighted by molar-refractivity contribution is 5.97. The molecule has 112 valence electrons. The van der Waals surface area contributed by atoms with E-state index < -0.39 is 17.8 Å². The quantitative estimate of drug-likeness (QED) is 0.483. The fraction of sp³-hybridized carbons (Fsp3) is 0. The summed E-state index contributed by atoms with van der Waals surface area (Å²) in [6, 6.07) is 10.8. The average Bonchev–Trinajstić information content (AvgIpc) is 3.01. The Hall–Kier alpha value is -3.42. The van der Waals surface area contributed by atoms with Crippen molar-refractivity contribution in [2.45, 2.75) is 0 Å². The van der Waals surface area contributed by atoms with Crippen LogP contribution in [0.15, 0.2) is 48.6 Å². The molecule has 8 nitrogen and oxygen atoms in total. The van der Waals surface area contributed by atoms with Crippen molar-refractivity contribution in [1.82, 2.24) is 21.0 Å². The predicted octanol–water partition coefficient (Wildman–Crippen LogP) is 0.478. The molecule has 2 amide bonds. The van der Waals surface area contributed by atoms with Crippen LogP contribution in [-0.2, 0) is 9.59 Å². The first-order chi connectivity index (χ1) is 10.6. The Kier molecular flexibility index (Phi) is 4.66. The molecule has 2 aromatic rings. The van der Waals surface area contributed by atoms with Gasteiger partial charge < -0.3 is 5.11 Å². The largest absolute Gasteiger partial charge is 0.478 e. The first-order valence-electron chi connectivity index (χ1n) is 6.18. The number of hydrogen-bond acceptors (Lipinski definition) is 4. The van der Waals surface area contributed by atoms with Crippen LogP contribution in [0.25, 0.3) is 11.3 Å². The molecule has 2 rings (SSSR count). The molecule has 4 N–H and O–H groups in total. The SMILES string of the molecule is O=C(O)C=CC(=O)NNC(=O)c1cc(-c2ccccc2)n[nH]1. The standard InChI is InChI=1S/C14H12N4O4/c19-12(6-7-13(20)21)17-18-14(22)11-8-10(15-16-11)9-4-2-1-3-5-9/h1-8H,(H,15,16)(H,17,19)(H,18,22)(H,20,21). The van der Waals surface area contributed by atoms with Crippen LogP contribution in [0.4, 0.5) is 0 Å². The van der Waals surface area contributed by atoms with Gasteiger partial charge in [-0.2, -0.15) is 5.10 Å². The van der Waals surface area contributed by atoms with Gasteiger partial charge in [-0.05, 0) is 6.07 Å². The summed E-state index contributed by atoms with van der Waals surface area (Å²) in [6.07, 6.45) is 1.44. The Morgan fingerprint density at radius 3 is 2.50 bits per heavy atom. The van der Waals surface area contributed by atoms with Crippen molar-refractivity contribution >= 4 is 17.8 Å². The summed E-state index contributed by atoms with van der Waals surface area (Å²) in [6.45, 7) is 0. The molecular weight excluding hydrogens is 288 g/mol. The van der Waals surface area contributed by atoms with E-state index >= 15 is 0 Å². The molecule has 0 unspecified atom stereocenters. The maximum Gasteiger partial charge on any atom is 0.328 e. The number of nitrogens with zero attached hydrogens (tertiary/aromatic N) is 1. The van der Waals surface area contributed by atoms with E-state index in [4.69, 9.17) is 5.11 Å². The Balaban J connectivity index is 1.95. The first kappa shape index (κ1) is 15.0. The number of carbonyl (C=O) groups excluding carboxylic acids is 2. The number of carbonyl (C=O) groups is 3. The van der Waals surface area contributed by atoms with Gasteiger partial charge in [-0.15, -0.1) is 0 Å². The van der Waals surface area contributed by atoms with Crippen molar-refractivity contribution in [3.8, 4) is 11.3 Å². The number of aromatic nitrogens is 2. The fourth-order valence-electron chi connectivity index (χ4n) is 1.57. The summed E-state index contributed by atoms with van der Waals surface area (Å²) < 4.78 is 0. The number of carboxylic acids is 1. The van der Waals surface area contributed by atoms with Crippen molar-refractivity contribution < 1.29 is 19.5 Å². The van der Waals surface area contributed by atoms with E-state index in [-0.39, 0.29) is 5.69 Å². The predicted molar refractivity (Wildman–Crippen MR) is 76.4 cm³/mol. The van der Waals surface area contributed by atoms with E-state index in [0.717, 1.165) is 11.6 Å². The zero-order valence-corrected chi connectivity index (χ0v) is 11.2. The normalized spacial score (nSPS) is 10.4. The van der Waals surface area contributed by atoms with Gasteiger partial charge in [0.25, 0.3) is 11.8 Å². The molecule has 0 radical (unpaired) electrons. The number of H-pyrrole nitrogens is 1. The molecule has 1 heterocycles. The Bertz CT molecular complexity index is 721. The number of hydrogen-bond donors (Lipinski definition) is 4. The minimum atomic E-state index is -1.26. The summed E-state index contributed by atoms with van der Waals surface area (Å²) in [5.74, 6) is -2.63. The maximum atomic E-state index is 11.8. The smallest absolute Gasteiger partial charge is 0.328 e. The zero-order chi connectivity index (χ0) is 15.9. The third-order valence-electron chi connectivity index (χ3n) is 2.57. The summed E-state index contributed by atoms with van der Waals surface area (Å²) in [4.78, 5) is 33.2. The maximum absolute atomic E-state index is 11.8. The lowest BCUT2D eigenvalue weighted by Crippen LogP contribution is -2.41. The lowest BCUT2D eigenvalue weighted by atomic mass is 10.1. The molecular formula is C14H12N4O4. The topological polar surface area (TPSA) is 124 Å². The molecule has 0 saturated carbocycles. The van der Waals surface area contributed by atoms with Gasteiger partial charge in [-0.25, -0.2) is 4.79 Å². The second kappa shape index (κ2) is 6.84. The number of aliphatic carboxylic acids is 1. The molecule has 0 fully saturated rings. The molecule has 0 aliphatic rings. The molecule has 8 heteroatoms. The van der Waals surface area contributed by atoms with Crippen molar-refractivity contribution in [2.24, 2.45) is 0 Å². The molecule has 1 aromatic carbocycles. The fourth-order valence-corrected chi connectivity index (χ4v) is 1.57. The van der Waals surface area contributed by atoms with E-state index in [1.807, 2.05) is 35.8 Å². The van der Waals surface area contributed by atoms with Crippen molar-refractivity contribution in [3.63, 3.8) is 0 Å². The van der Waals surface area contributed by atoms with E-state index in [9.17, 15) is 14.4 Å². The molecule has 0 atom stereocenters. The van der Waals surface area contributed by atoms with E-state index in [1.54, 1.807) is 0 Å². The van der Waals surface area contributed by atoms with Gasteiger partial charge in [0, 0.05) is 17.7 Å². The minimum Gasteiger partial charge on any atom is -0.478 e. The first-order valence-corrected chi connectivity index (χ1v) is 6.18. The van der Waals surface area contributed by atoms with Crippen LogP contribution in [0.2, 0.25) is 0 Å². The van der Waals surface area contributed by atoms with E-state index in [2.05, 4.69) is 15.6 Å². The molecule has 0 bridgehead atoms. The van der Waals surface area contributed by atoms with Crippen LogP contribution in [0.1, 0.15) is 10.5 Å².